The van der Waals surface area contributed by atoms with Crippen LogP contribution in [0.4, 0.5) is 5.69 Å². The Morgan fingerprint density at radius 2 is 1.62 bits per heavy atom. The average molecular weight is 892 g/mol. The summed E-state index contributed by atoms with van der Waals surface area (Å²) in [4.78, 5) is 17.4. The molecule has 6 atom stereocenters. The number of ether oxygens (including phenoxy) is 3. The molecule has 3 N–H and O–H groups in total. The Kier molecular flexibility index (Phi) is 15.4. The third kappa shape index (κ3) is 9.84. The first-order valence-electron chi connectivity index (χ1n) is 22.4. The molecule has 4 aromatic rings. The number of carbonyl (C=O) groups excluding carboxylic acids is 1. The van der Waals surface area contributed by atoms with Crippen LogP contribution in [0.1, 0.15) is 76.7 Å². The molecule has 340 valence electrons. The monoisotopic (exact) mass is 891 g/mol. The molecule has 0 bridgehead atoms. The summed E-state index contributed by atoms with van der Waals surface area (Å²) < 4.78 is 52.7. The molecule has 0 saturated heterocycles. The maximum absolute atomic E-state index is 15.1. The highest BCUT2D eigenvalue weighted by Crippen LogP contribution is 2.62. The number of oxime groups is 1. The van der Waals surface area contributed by atoms with Crippen molar-refractivity contribution in [3.05, 3.63) is 127 Å². The quantitative estimate of drug-likeness (QED) is 0.0421. The smallest absolute Gasteiger partial charge is 0.243 e. The lowest BCUT2D eigenvalue weighted by atomic mass is 9.55. The summed E-state index contributed by atoms with van der Waals surface area (Å²) in [6, 6.07) is 29.2. The third-order valence-electron chi connectivity index (χ3n) is 12.6. The number of fused-ring (bicyclic) bond motifs is 2. The van der Waals surface area contributed by atoms with Gasteiger partial charge in [0.2, 0.25) is 21.7 Å². The third-order valence-corrected chi connectivity index (χ3v) is 14.5. The van der Waals surface area contributed by atoms with Crippen molar-refractivity contribution in [3.63, 3.8) is 0 Å². The molecule has 0 unspecified atom stereocenters. The fourth-order valence-corrected chi connectivity index (χ4v) is 11.7. The van der Waals surface area contributed by atoms with Crippen LogP contribution in [0.5, 0.6) is 17.2 Å². The van der Waals surface area contributed by atoms with Gasteiger partial charge in [0.05, 0.1) is 29.2 Å². The van der Waals surface area contributed by atoms with Crippen molar-refractivity contribution >= 4 is 27.3 Å². The van der Waals surface area contributed by atoms with E-state index >= 15 is 8.42 Å². The van der Waals surface area contributed by atoms with Gasteiger partial charge in [0.25, 0.3) is 0 Å². The van der Waals surface area contributed by atoms with E-state index in [1.807, 2.05) is 67.6 Å². The lowest BCUT2D eigenvalue weighted by molar-refractivity contribution is -0.251. The van der Waals surface area contributed by atoms with E-state index in [1.54, 1.807) is 18.2 Å². The van der Waals surface area contributed by atoms with E-state index < -0.39 is 27.8 Å². The van der Waals surface area contributed by atoms with E-state index in [0.717, 1.165) is 47.9 Å². The van der Waals surface area contributed by atoms with Crippen LogP contribution in [0.2, 0.25) is 0 Å². The first-order valence-corrected chi connectivity index (χ1v) is 23.9. The normalized spacial score (nSPS) is 23.1. The van der Waals surface area contributed by atoms with E-state index in [-0.39, 0.29) is 61.3 Å². The summed E-state index contributed by atoms with van der Waals surface area (Å²) in [6.45, 7) is 7.70. The maximum Gasteiger partial charge on any atom is 0.243 e. The first-order chi connectivity index (χ1) is 31.1. The summed E-state index contributed by atoms with van der Waals surface area (Å²) in [5, 5.41) is 27.2. The van der Waals surface area contributed by atoms with Gasteiger partial charge in [-0.25, -0.2) is 8.42 Å². The second-order valence-electron chi connectivity index (χ2n) is 16.8. The Balaban J connectivity index is 1.40. The van der Waals surface area contributed by atoms with Crippen LogP contribution in [0.15, 0.2) is 131 Å². The number of nitrogens with one attached hydrogen (secondary N) is 1. The fraction of sp³-hybridized carbons (Fsp3) is 0.412. The van der Waals surface area contributed by atoms with Crippen molar-refractivity contribution in [2.75, 3.05) is 38.8 Å². The molecule has 64 heavy (non-hydrogen) atoms. The molecule has 1 fully saturated rings. The molecule has 0 spiro atoms. The Morgan fingerprint density at radius 1 is 0.938 bits per heavy atom. The minimum Gasteiger partial charge on any atom is -0.460 e. The number of nitrogens with zero attached hydrogens (tertiary/aromatic N) is 2. The number of benzene rings is 4. The molecule has 3 aliphatic rings. The molecule has 12 nitrogen and oxygen atoms in total. The zero-order valence-corrected chi connectivity index (χ0v) is 37.8. The molecule has 2 aliphatic carbocycles. The molecule has 1 amide bonds. The highest BCUT2D eigenvalue weighted by atomic mass is 32.2. The van der Waals surface area contributed by atoms with Crippen molar-refractivity contribution in [1.29, 1.82) is 0 Å². The zero-order chi connectivity index (χ0) is 45.3. The summed E-state index contributed by atoms with van der Waals surface area (Å²) in [7, 11) is -2.74. The molecule has 7 rings (SSSR count). The van der Waals surface area contributed by atoms with Gasteiger partial charge in [0.15, 0.2) is 0 Å². The highest BCUT2D eigenvalue weighted by molar-refractivity contribution is 7.89. The summed E-state index contributed by atoms with van der Waals surface area (Å²) in [5.41, 5.74) is 5.05. The first kappa shape index (κ1) is 46.7. The SMILES string of the molecule is C=CCO[C@@]12Oc3ccc(Oc4ccc(-c5ccccc5)cc4)cc3[C@H]3[C@H](CCCCO)[C@@H](CCCCO)C=C(C(=NOC)C[C@@H]1N(CCC)S(=O)(=O)c1ccc(NC(C)=O)cc1)[C@H]32. The van der Waals surface area contributed by atoms with E-state index in [4.69, 9.17) is 19.0 Å². The number of carbonyl (C=O) groups is 1. The Labute approximate surface area is 377 Å². The van der Waals surface area contributed by atoms with E-state index in [1.165, 1.54) is 30.5 Å². The standard InChI is InChI=1S/C51H61N3O9S/c1-5-28-54(64(58,59)42-25-20-39(21-26-42)52-35(3)57)48-34-46(53-60-4)44-32-38(16-10-12-29-55)43(17-11-13-30-56)49-45-33-41(24-27-47(45)63-51(48,50(44)49)61-31-6-2)62-40-22-18-37(19-23-40)36-14-8-7-9-15-36/h6-9,14-15,18-27,32-33,38,43,48-50,55-56H,2,5,10-13,16-17,28-31,34H2,1,3-4H3,(H,52,57)/t38-,43+,48-,49+,50+,51+/m0/s1. The number of sulfonamides is 1. The number of allylic oxidation sites excluding steroid dienone is 1. The molecule has 1 heterocycles. The summed E-state index contributed by atoms with van der Waals surface area (Å²) in [6.07, 6.45) is 8.93. The minimum atomic E-state index is -4.23. The van der Waals surface area contributed by atoms with Crippen LogP contribution < -0.4 is 14.8 Å². The zero-order valence-electron chi connectivity index (χ0n) is 37.0. The molecular weight excluding hydrogens is 831 g/mol. The molecule has 0 radical (unpaired) electrons. The van der Waals surface area contributed by atoms with Crippen molar-refractivity contribution in [1.82, 2.24) is 4.31 Å². The number of unbranched alkanes of at least 4 members (excludes halogenated alkanes) is 2. The predicted octanol–water partition coefficient (Wildman–Crippen LogP) is 9.47. The lowest BCUT2D eigenvalue weighted by Gasteiger charge is -2.59. The van der Waals surface area contributed by atoms with Crippen molar-refractivity contribution in [2.45, 2.75) is 87.9 Å². The summed E-state index contributed by atoms with van der Waals surface area (Å²) in [5.74, 6) is -0.810. The van der Waals surface area contributed by atoms with Gasteiger partial charge in [-0.15, -0.1) is 6.58 Å². The van der Waals surface area contributed by atoms with Gasteiger partial charge in [0.1, 0.15) is 24.4 Å². The molecule has 1 saturated carbocycles. The van der Waals surface area contributed by atoms with Gasteiger partial charge in [-0.05, 0) is 115 Å². The Hall–Kier alpha value is -5.31. The van der Waals surface area contributed by atoms with E-state index in [9.17, 15) is 15.0 Å². The lowest BCUT2D eigenvalue weighted by Crippen LogP contribution is -2.70. The van der Waals surface area contributed by atoms with Gasteiger partial charge < -0.3 is 34.6 Å². The number of anilines is 1. The van der Waals surface area contributed by atoms with Crippen molar-refractivity contribution in [3.8, 4) is 28.4 Å². The second kappa shape index (κ2) is 21.1. The van der Waals surface area contributed by atoms with Gasteiger partial charge in [-0.1, -0.05) is 79.5 Å². The van der Waals surface area contributed by atoms with Gasteiger partial charge in [-0.2, -0.15) is 4.31 Å². The topological polar surface area (TPSA) is 156 Å². The number of aliphatic hydroxyl groups is 2. The van der Waals surface area contributed by atoms with E-state index in [0.29, 0.717) is 47.9 Å². The van der Waals surface area contributed by atoms with Gasteiger partial charge in [0, 0.05) is 50.3 Å². The van der Waals surface area contributed by atoms with Crippen LogP contribution >= 0.6 is 0 Å². The van der Waals surface area contributed by atoms with Crippen LogP contribution in [0.25, 0.3) is 11.1 Å². The number of hydrogen-bond donors (Lipinski definition) is 3. The van der Waals surface area contributed by atoms with Crippen molar-refractivity contribution in [2.24, 2.45) is 22.9 Å². The van der Waals surface area contributed by atoms with Crippen LogP contribution in [-0.4, -0.2) is 79.9 Å². The molecule has 1 aliphatic heterocycles. The summed E-state index contributed by atoms with van der Waals surface area (Å²) >= 11 is 0. The number of hydrogen-bond acceptors (Lipinski definition) is 10. The molecular formula is C51H61N3O9S. The van der Waals surface area contributed by atoms with Crippen LogP contribution in [-0.2, 0) is 24.4 Å². The molecule has 0 aromatic heterocycles. The minimum absolute atomic E-state index is 0.00569. The number of aliphatic hydroxyl groups excluding tert-OH is 2. The second-order valence-corrected chi connectivity index (χ2v) is 18.7. The molecule has 4 aromatic carbocycles. The Morgan fingerprint density at radius 3 is 2.28 bits per heavy atom. The average Bonchev–Trinajstić information content (AvgIpc) is 3.30. The largest absolute Gasteiger partial charge is 0.460 e. The highest BCUT2D eigenvalue weighted by Gasteiger charge is 2.66. The van der Waals surface area contributed by atoms with E-state index in [2.05, 4.69) is 35.3 Å². The van der Waals surface area contributed by atoms with Gasteiger partial charge >= 0.3 is 0 Å². The Bertz CT molecular complexity index is 2390. The maximum atomic E-state index is 15.1. The molecule has 13 heteroatoms. The van der Waals surface area contributed by atoms with Crippen molar-refractivity contribution < 1.29 is 42.5 Å². The van der Waals surface area contributed by atoms with Crippen LogP contribution in [0.3, 0.4) is 0 Å². The van der Waals surface area contributed by atoms with Crippen LogP contribution in [0, 0.1) is 17.8 Å². The number of amides is 1. The predicted molar refractivity (Wildman–Crippen MR) is 249 cm³/mol. The fourth-order valence-electron chi connectivity index (χ4n) is 9.99. The number of rotatable bonds is 21. The van der Waals surface area contributed by atoms with Gasteiger partial charge in [-0.3, -0.25) is 4.79 Å².